The summed E-state index contributed by atoms with van der Waals surface area (Å²) in [4.78, 5) is 4.30. The molecule has 0 fully saturated rings. The summed E-state index contributed by atoms with van der Waals surface area (Å²) in [6, 6.07) is 47.8. The van der Waals surface area contributed by atoms with E-state index in [1.807, 2.05) is 0 Å². The molecule has 4 aromatic carbocycles. The molecule has 0 aliphatic heterocycles. The van der Waals surface area contributed by atoms with Crippen molar-refractivity contribution in [2.24, 2.45) is 0 Å². The van der Waals surface area contributed by atoms with Crippen molar-refractivity contribution in [3.8, 4) is 19.9 Å². The zero-order valence-corrected chi connectivity index (χ0v) is 38.1. The van der Waals surface area contributed by atoms with Gasteiger partial charge in [-0.2, -0.15) is 0 Å². The molecule has 0 amide bonds. The van der Waals surface area contributed by atoms with Crippen LogP contribution in [0.1, 0.15) is 41.5 Å². The van der Waals surface area contributed by atoms with Crippen LogP contribution in [0.4, 0.5) is 0 Å². The van der Waals surface area contributed by atoms with E-state index in [2.05, 4.69) is 175 Å². The van der Waals surface area contributed by atoms with E-state index in [0.29, 0.717) is 0 Å². The highest BCUT2D eigenvalue weighted by molar-refractivity contribution is 7.82. The predicted octanol–water partition coefficient (Wildman–Crippen LogP) is 12.4. The highest BCUT2D eigenvalue weighted by atomic mass is 32.1. The first-order chi connectivity index (χ1) is 25.8. The molecule has 8 aromatic rings. The molecule has 0 unspecified atom stereocenters. The van der Waals surface area contributed by atoms with Gasteiger partial charge in [-0.1, -0.05) is 186 Å². The second kappa shape index (κ2) is 14.5. The molecule has 10 heteroatoms. The van der Waals surface area contributed by atoms with Crippen molar-refractivity contribution in [1.29, 1.82) is 0 Å². The molecule has 4 aromatic heterocycles. The molecular formula is C44H42O2S6Si2. The summed E-state index contributed by atoms with van der Waals surface area (Å²) in [6.45, 7) is 13.9. The van der Waals surface area contributed by atoms with Crippen LogP contribution >= 0.6 is 70.6 Å². The minimum absolute atomic E-state index is 0.120. The van der Waals surface area contributed by atoms with Gasteiger partial charge in [0.05, 0.1) is 28.6 Å². The van der Waals surface area contributed by atoms with Gasteiger partial charge in [-0.05, 0) is 30.8 Å². The first-order valence-electron chi connectivity index (χ1n) is 17.9. The van der Waals surface area contributed by atoms with Gasteiger partial charge in [0.1, 0.15) is 0 Å². The number of hydrogen-bond acceptors (Lipinski definition) is 8. The van der Waals surface area contributed by atoms with Crippen LogP contribution in [0.25, 0.3) is 28.6 Å². The van der Waals surface area contributed by atoms with Gasteiger partial charge in [-0.3, -0.25) is 0 Å². The molecule has 0 radical (unpaired) electrons. The van der Waals surface area contributed by atoms with E-state index in [0.717, 1.165) is 39.1 Å². The van der Waals surface area contributed by atoms with Crippen LogP contribution in [0.3, 0.4) is 0 Å². The Labute approximate surface area is 347 Å². The summed E-state index contributed by atoms with van der Waals surface area (Å²) in [7, 11) is -5.50. The summed E-state index contributed by atoms with van der Waals surface area (Å²) in [6.07, 6.45) is 0. The molecule has 0 aliphatic carbocycles. The summed E-state index contributed by atoms with van der Waals surface area (Å²) >= 11 is 17.3. The van der Waals surface area contributed by atoms with Crippen LogP contribution in [-0.2, 0) is 0 Å². The fourth-order valence-corrected chi connectivity index (χ4v) is 23.1. The maximum absolute atomic E-state index is 7.39. The number of hydrogen-bond donors (Lipinski definition) is 2. The Bertz CT molecular complexity index is 2280. The Morgan fingerprint density at radius 2 is 0.704 bits per heavy atom. The van der Waals surface area contributed by atoms with Crippen LogP contribution in [0, 0.1) is 0 Å². The molecule has 0 N–H and O–H groups in total. The van der Waals surface area contributed by atoms with Gasteiger partial charge < -0.3 is 8.85 Å². The normalized spacial score (nSPS) is 12.8. The Hall–Kier alpha value is -3.07. The van der Waals surface area contributed by atoms with E-state index >= 15 is 0 Å². The van der Waals surface area contributed by atoms with E-state index < -0.39 is 16.6 Å². The second-order valence-corrected chi connectivity index (χ2v) is 29.1. The topological polar surface area (TPSA) is 18.5 Å². The summed E-state index contributed by atoms with van der Waals surface area (Å²) in [5, 5.41) is 6.71. The van der Waals surface area contributed by atoms with Crippen molar-refractivity contribution in [1.82, 2.24) is 0 Å². The van der Waals surface area contributed by atoms with Crippen LogP contribution in [0.5, 0.6) is 10.1 Å². The third kappa shape index (κ3) is 6.36. The predicted molar refractivity (Wildman–Crippen MR) is 249 cm³/mol. The Morgan fingerprint density at radius 3 is 0.944 bits per heavy atom. The zero-order valence-electron chi connectivity index (χ0n) is 31.0. The standard InChI is InChI=1S/C44H42O2S6Si2/c1-43(2,3)53(29-19-11-7-12-20-29,30-21-13-8-14-22-30)45-35-27-33-39(51-35)37(47)41(49-33)42-38(48)40-34(50-42)28-36(52-40)46-54(44(4,5)6,31-23-15-9-16-24-31)32-25-17-10-18-26-32/h7-28,47-48H,1-6H3. The fraction of sp³-hybridized carbons (Fsp3) is 0.182. The molecule has 0 saturated heterocycles. The van der Waals surface area contributed by atoms with Gasteiger partial charge in [0.15, 0.2) is 10.1 Å². The van der Waals surface area contributed by atoms with Gasteiger partial charge in [-0.25, -0.2) is 0 Å². The minimum atomic E-state index is -2.75. The lowest BCUT2D eigenvalue weighted by atomic mass is 10.2. The van der Waals surface area contributed by atoms with E-state index in [9.17, 15) is 0 Å². The molecule has 0 aliphatic rings. The number of thiol groups is 2. The third-order valence-electron chi connectivity index (χ3n) is 10.2. The lowest BCUT2D eigenvalue weighted by Gasteiger charge is -2.42. The van der Waals surface area contributed by atoms with Crippen molar-refractivity contribution in [3.05, 3.63) is 133 Å². The number of thiophene rings is 4. The van der Waals surface area contributed by atoms with Crippen molar-refractivity contribution in [2.45, 2.75) is 61.4 Å². The highest BCUT2D eigenvalue weighted by Crippen LogP contribution is 2.54. The largest absolute Gasteiger partial charge is 0.527 e. The van der Waals surface area contributed by atoms with Crippen LogP contribution in [0.15, 0.2) is 143 Å². The molecule has 4 heterocycles. The summed E-state index contributed by atoms with van der Waals surface area (Å²) < 4.78 is 19.5. The van der Waals surface area contributed by atoms with E-state index in [-0.39, 0.29) is 10.1 Å². The molecule has 274 valence electrons. The van der Waals surface area contributed by atoms with Crippen molar-refractivity contribution in [3.63, 3.8) is 0 Å². The maximum atomic E-state index is 7.39. The molecule has 0 spiro atoms. The number of fused-ring (bicyclic) bond motifs is 2. The Balaban J connectivity index is 1.16. The number of rotatable bonds is 9. The van der Waals surface area contributed by atoms with Gasteiger partial charge in [0.2, 0.25) is 0 Å². The SMILES string of the molecule is CC(C)(C)[Si](Oc1cc2sc(-c3sc4cc(O[Si](c5ccccc5)(c5ccccc5)C(C)(C)C)sc4c3S)c(S)c2s1)(c1ccccc1)c1ccccc1. The fourth-order valence-electron chi connectivity index (χ4n) is 7.72. The van der Waals surface area contributed by atoms with Crippen LogP contribution < -0.4 is 29.6 Å². The molecule has 0 atom stereocenters. The van der Waals surface area contributed by atoms with Gasteiger partial charge in [0.25, 0.3) is 0 Å². The van der Waals surface area contributed by atoms with Gasteiger partial charge in [-0.15, -0.1) is 47.9 Å². The summed E-state index contributed by atoms with van der Waals surface area (Å²) in [5.41, 5.74) is 0. The average Bonchev–Trinajstić information content (AvgIpc) is 3.91. The van der Waals surface area contributed by atoms with Crippen molar-refractivity contribution < 1.29 is 8.85 Å². The molecule has 2 nitrogen and oxygen atoms in total. The first kappa shape index (κ1) is 37.8. The van der Waals surface area contributed by atoms with E-state index in [1.54, 1.807) is 45.3 Å². The quantitative estimate of drug-likeness (QED) is 0.111. The molecule has 54 heavy (non-hydrogen) atoms. The molecule has 0 bridgehead atoms. The van der Waals surface area contributed by atoms with Crippen molar-refractivity contribution in [2.75, 3.05) is 0 Å². The van der Waals surface area contributed by atoms with Gasteiger partial charge in [0, 0.05) is 21.9 Å². The Kier molecular flexibility index (Phi) is 10.1. The minimum Gasteiger partial charge on any atom is -0.527 e. The van der Waals surface area contributed by atoms with Crippen LogP contribution in [0.2, 0.25) is 10.1 Å². The lowest BCUT2D eigenvalue weighted by molar-refractivity contribution is 0.519. The molecule has 8 rings (SSSR count). The number of benzene rings is 4. The van der Waals surface area contributed by atoms with E-state index in [4.69, 9.17) is 34.1 Å². The lowest BCUT2D eigenvalue weighted by Crippen LogP contribution is -2.68. The zero-order chi connectivity index (χ0) is 37.9. The first-order valence-corrected chi connectivity index (χ1v) is 25.9. The van der Waals surface area contributed by atoms with Crippen LogP contribution in [-0.4, -0.2) is 16.6 Å². The van der Waals surface area contributed by atoms with E-state index in [1.165, 1.54) is 30.1 Å². The average molecular weight is 851 g/mol. The maximum Gasteiger partial charge on any atom is 0.321 e. The monoisotopic (exact) mass is 850 g/mol. The second-order valence-electron chi connectivity index (χ2n) is 15.6. The Morgan fingerprint density at radius 1 is 0.426 bits per heavy atom. The van der Waals surface area contributed by atoms with Gasteiger partial charge >= 0.3 is 16.6 Å². The molecule has 0 saturated carbocycles. The molecular weight excluding hydrogens is 809 g/mol. The van der Waals surface area contributed by atoms with Crippen molar-refractivity contribution >= 4 is 127 Å². The summed E-state index contributed by atoms with van der Waals surface area (Å²) in [5.74, 6) is 0. The highest BCUT2D eigenvalue weighted by Gasteiger charge is 2.53. The third-order valence-corrected chi connectivity index (χ3v) is 26.6. The smallest absolute Gasteiger partial charge is 0.321 e.